The minimum Gasteiger partial charge on any atom is -0.382 e. The van der Waals surface area contributed by atoms with Gasteiger partial charge in [-0.25, -0.2) is 0 Å². The van der Waals surface area contributed by atoms with E-state index >= 15 is 0 Å². The third-order valence-electron chi connectivity index (χ3n) is 3.79. The normalized spacial score (nSPS) is 18.1. The minimum absolute atomic E-state index is 0. The largest absolute Gasteiger partial charge is 0.382 e. The Labute approximate surface area is 135 Å². The molecule has 0 amide bonds. The van der Waals surface area contributed by atoms with Crippen LogP contribution in [0.15, 0.2) is 4.99 Å². The second-order valence-corrected chi connectivity index (χ2v) is 5.28. The lowest BCUT2D eigenvalue weighted by molar-refractivity contribution is 0.107. The number of aliphatic imine (C=N–C) groups is 1. The Morgan fingerprint density at radius 2 is 2.00 bits per heavy atom. The van der Waals surface area contributed by atoms with Gasteiger partial charge < -0.3 is 15.8 Å². The van der Waals surface area contributed by atoms with Crippen LogP contribution in [0.3, 0.4) is 0 Å². The van der Waals surface area contributed by atoms with Crippen molar-refractivity contribution in [2.45, 2.75) is 52.4 Å². The molecule has 0 heterocycles. The molecule has 3 N–H and O–H groups in total. The topological polar surface area (TPSA) is 59.6 Å². The van der Waals surface area contributed by atoms with E-state index in [0.29, 0.717) is 11.4 Å². The van der Waals surface area contributed by atoms with E-state index in [4.69, 9.17) is 10.5 Å². The first kappa shape index (κ1) is 19.0. The molecule has 0 atom stereocenters. The summed E-state index contributed by atoms with van der Waals surface area (Å²) in [7, 11) is 0. The van der Waals surface area contributed by atoms with E-state index in [9.17, 15) is 0 Å². The van der Waals surface area contributed by atoms with Crippen molar-refractivity contribution in [1.29, 1.82) is 0 Å². The van der Waals surface area contributed by atoms with Crippen molar-refractivity contribution in [1.82, 2.24) is 5.32 Å². The molecule has 1 rings (SSSR count). The van der Waals surface area contributed by atoms with Crippen LogP contribution in [-0.2, 0) is 4.74 Å². The van der Waals surface area contributed by atoms with E-state index in [1.807, 2.05) is 6.92 Å². The SMILES string of the molecule is CCCNC(N)=NCC1(CCOCC)CCCC1.I. The van der Waals surface area contributed by atoms with Crippen LogP contribution in [0.5, 0.6) is 0 Å². The Hall–Kier alpha value is -0.0400. The number of rotatable bonds is 8. The molecular formula is C14H30IN3O. The maximum Gasteiger partial charge on any atom is 0.188 e. The molecule has 1 aliphatic carbocycles. The summed E-state index contributed by atoms with van der Waals surface area (Å²) in [6, 6.07) is 0. The lowest BCUT2D eigenvalue weighted by Gasteiger charge is -2.27. The smallest absolute Gasteiger partial charge is 0.188 e. The van der Waals surface area contributed by atoms with Crippen molar-refractivity contribution in [3.05, 3.63) is 0 Å². The van der Waals surface area contributed by atoms with Gasteiger partial charge in [-0.3, -0.25) is 4.99 Å². The minimum atomic E-state index is 0. The van der Waals surface area contributed by atoms with Crippen molar-refractivity contribution in [3.8, 4) is 0 Å². The maximum atomic E-state index is 5.86. The van der Waals surface area contributed by atoms with Gasteiger partial charge in [0, 0.05) is 26.3 Å². The highest BCUT2D eigenvalue weighted by atomic mass is 127. The Balaban J connectivity index is 0.00000324. The third kappa shape index (κ3) is 7.34. The van der Waals surface area contributed by atoms with Crippen LogP contribution in [0.2, 0.25) is 0 Å². The average molecular weight is 383 g/mol. The highest BCUT2D eigenvalue weighted by Crippen LogP contribution is 2.41. The summed E-state index contributed by atoms with van der Waals surface area (Å²) in [5, 5.41) is 3.14. The fraction of sp³-hybridized carbons (Fsp3) is 0.929. The van der Waals surface area contributed by atoms with E-state index in [-0.39, 0.29) is 24.0 Å². The van der Waals surface area contributed by atoms with Gasteiger partial charge in [0.15, 0.2) is 5.96 Å². The van der Waals surface area contributed by atoms with Crippen LogP contribution in [0.1, 0.15) is 52.4 Å². The molecule has 5 heteroatoms. The highest BCUT2D eigenvalue weighted by molar-refractivity contribution is 14.0. The fourth-order valence-corrected chi connectivity index (χ4v) is 2.61. The molecule has 0 aromatic carbocycles. The first-order valence-corrected chi connectivity index (χ1v) is 7.34. The summed E-state index contributed by atoms with van der Waals surface area (Å²) >= 11 is 0. The van der Waals surface area contributed by atoms with Gasteiger partial charge in [0.25, 0.3) is 0 Å². The number of ether oxygens (including phenoxy) is 1. The Morgan fingerprint density at radius 1 is 1.32 bits per heavy atom. The van der Waals surface area contributed by atoms with E-state index in [1.54, 1.807) is 0 Å². The molecule has 114 valence electrons. The fourth-order valence-electron chi connectivity index (χ4n) is 2.61. The standard InChI is InChI=1S/C14H29N3O.HI/c1-3-10-16-13(15)17-12-14(7-5-6-8-14)9-11-18-4-2;/h3-12H2,1-2H3,(H3,15,16,17);1H. The van der Waals surface area contributed by atoms with Crippen LogP contribution in [-0.4, -0.2) is 32.3 Å². The number of guanidine groups is 1. The average Bonchev–Trinajstić information content (AvgIpc) is 2.84. The van der Waals surface area contributed by atoms with Gasteiger partial charge in [0.05, 0.1) is 0 Å². The highest BCUT2D eigenvalue weighted by Gasteiger charge is 2.33. The second-order valence-electron chi connectivity index (χ2n) is 5.28. The molecule has 0 saturated heterocycles. The summed E-state index contributed by atoms with van der Waals surface area (Å²) < 4.78 is 5.50. The second kappa shape index (κ2) is 10.7. The molecule has 0 aromatic rings. The zero-order chi connectivity index (χ0) is 13.3. The van der Waals surface area contributed by atoms with Crippen molar-refractivity contribution >= 4 is 29.9 Å². The van der Waals surface area contributed by atoms with Crippen LogP contribution >= 0.6 is 24.0 Å². The molecule has 0 unspecified atom stereocenters. The first-order chi connectivity index (χ1) is 8.72. The summed E-state index contributed by atoms with van der Waals surface area (Å²) in [5.41, 5.74) is 6.20. The molecule has 0 aromatic heterocycles. The Bertz CT molecular complexity index is 253. The van der Waals surface area contributed by atoms with Crippen molar-refractivity contribution in [2.75, 3.05) is 26.3 Å². The number of hydrogen-bond acceptors (Lipinski definition) is 2. The molecule has 19 heavy (non-hydrogen) atoms. The molecule has 1 fully saturated rings. The zero-order valence-corrected chi connectivity index (χ0v) is 14.7. The molecule has 4 nitrogen and oxygen atoms in total. The van der Waals surface area contributed by atoms with E-state index in [2.05, 4.69) is 17.2 Å². The number of nitrogens with two attached hydrogens (primary N) is 1. The van der Waals surface area contributed by atoms with Gasteiger partial charge in [-0.1, -0.05) is 19.8 Å². The van der Waals surface area contributed by atoms with Gasteiger partial charge in [-0.15, -0.1) is 24.0 Å². The van der Waals surface area contributed by atoms with E-state index in [0.717, 1.165) is 39.1 Å². The zero-order valence-electron chi connectivity index (χ0n) is 12.4. The quantitative estimate of drug-likeness (QED) is 0.293. The van der Waals surface area contributed by atoms with Crippen LogP contribution in [0.4, 0.5) is 0 Å². The molecule has 0 bridgehead atoms. The van der Waals surface area contributed by atoms with Crippen LogP contribution in [0.25, 0.3) is 0 Å². The van der Waals surface area contributed by atoms with Gasteiger partial charge in [0.1, 0.15) is 0 Å². The summed E-state index contributed by atoms with van der Waals surface area (Å²) in [6.45, 7) is 7.59. The predicted octanol–water partition coefficient (Wildman–Crippen LogP) is 2.91. The van der Waals surface area contributed by atoms with Gasteiger partial charge in [-0.2, -0.15) is 0 Å². The lowest BCUT2D eigenvalue weighted by atomic mass is 9.83. The van der Waals surface area contributed by atoms with Crippen molar-refractivity contribution in [2.24, 2.45) is 16.1 Å². The summed E-state index contributed by atoms with van der Waals surface area (Å²) in [5.74, 6) is 0.597. The molecule has 0 aliphatic heterocycles. The van der Waals surface area contributed by atoms with Gasteiger partial charge in [0.2, 0.25) is 0 Å². The lowest BCUT2D eigenvalue weighted by Crippen LogP contribution is -2.34. The monoisotopic (exact) mass is 383 g/mol. The van der Waals surface area contributed by atoms with Crippen LogP contribution in [0, 0.1) is 5.41 Å². The van der Waals surface area contributed by atoms with Gasteiger partial charge >= 0.3 is 0 Å². The van der Waals surface area contributed by atoms with Crippen molar-refractivity contribution < 1.29 is 4.74 Å². The van der Waals surface area contributed by atoms with Crippen LogP contribution < -0.4 is 11.1 Å². The third-order valence-corrected chi connectivity index (χ3v) is 3.79. The van der Waals surface area contributed by atoms with Crippen molar-refractivity contribution in [3.63, 3.8) is 0 Å². The van der Waals surface area contributed by atoms with E-state index in [1.165, 1.54) is 25.7 Å². The molecule has 1 saturated carbocycles. The summed E-state index contributed by atoms with van der Waals surface area (Å²) in [6.07, 6.45) is 7.38. The molecular weight excluding hydrogens is 353 g/mol. The number of nitrogens with one attached hydrogen (secondary N) is 1. The van der Waals surface area contributed by atoms with E-state index < -0.39 is 0 Å². The molecule has 0 radical (unpaired) electrons. The Morgan fingerprint density at radius 3 is 2.58 bits per heavy atom. The predicted molar refractivity (Wildman–Crippen MR) is 92.2 cm³/mol. The number of halogens is 1. The Kier molecular flexibility index (Phi) is 10.7. The maximum absolute atomic E-state index is 5.86. The first-order valence-electron chi connectivity index (χ1n) is 7.34. The molecule has 0 spiro atoms. The summed E-state index contributed by atoms with van der Waals surface area (Å²) in [4.78, 5) is 4.52. The number of nitrogens with zero attached hydrogens (tertiary/aromatic N) is 1. The molecule has 1 aliphatic rings. The number of hydrogen-bond donors (Lipinski definition) is 2. The van der Waals surface area contributed by atoms with Gasteiger partial charge in [-0.05, 0) is 38.0 Å².